The van der Waals surface area contributed by atoms with Crippen LogP contribution in [0.4, 0.5) is 11.4 Å². The summed E-state index contributed by atoms with van der Waals surface area (Å²) in [5.74, 6) is 0. The number of hydrogen-bond donors (Lipinski definition) is 1. The summed E-state index contributed by atoms with van der Waals surface area (Å²) in [4.78, 5) is 4.55. The smallest absolute Gasteiger partial charge is 0.0726 e. The van der Waals surface area contributed by atoms with Crippen LogP contribution in [-0.2, 0) is 0 Å². The zero-order valence-electron chi connectivity index (χ0n) is 10.9. The third-order valence-corrected chi connectivity index (χ3v) is 3.68. The number of hydrogen-bond acceptors (Lipinski definition) is 2. The largest absolute Gasteiger partial charge is 0.354 e. The number of anilines is 2. The first-order valence-corrected chi connectivity index (χ1v) is 6.91. The molecule has 0 atom stereocenters. The van der Waals surface area contributed by atoms with Crippen LogP contribution >= 0.6 is 28.3 Å². The molecule has 0 aliphatic carbocycles. The molecule has 0 saturated carbocycles. The van der Waals surface area contributed by atoms with Crippen molar-refractivity contribution in [3.8, 4) is 0 Å². The second-order valence-electron chi connectivity index (χ2n) is 4.43. The minimum Gasteiger partial charge on any atom is -0.354 e. The van der Waals surface area contributed by atoms with Crippen molar-refractivity contribution in [2.24, 2.45) is 0 Å². The summed E-state index contributed by atoms with van der Waals surface area (Å²) in [5.41, 5.74) is 4.15. The van der Waals surface area contributed by atoms with E-state index in [1.807, 2.05) is 43.3 Å². The van der Waals surface area contributed by atoms with E-state index in [-0.39, 0.29) is 12.4 Å². The zero-order valence-corrected chi connectivity index (χ0v) is 13.3. The van der Waals surface area contributed by atoms with Gasteiger partial charge in [0.15, 0.2) is 0 Å². The molecule has 0 amide bonds. The lowest BCUT2D eigenvalue weighted by atomic mass is 10.1. The van der Waals surface area contributed by atoms with E-state index in [9.17, 15) is 0 Å². The van der Waals surface area contributed by atoms with Gasteiger partial charge in [-0.1, -0.05) is 30.3 Å². The van der Waals surface area contributed by atoms with Gasteiger partial charge in [-0.25, -0.2) is 0 Å². The van der Waals surface area contributed by atoms with Crippen LogP contribution in [0.3, 0.4) is 0 Å². The molecule has 0 spiro atoms. The molecule has 0 radical (unpaired) electrons. The highest BCUT2D eigenvalue weighted by atomic mass is 79.9. The number of pyridine rings is 1. The second-order valence-corrected chi connectivity index (χ2v) is 5.29. The summed E-state index contributed by atoms with van der Waals surface area (Å²) in [6.07, 6.45) is 0. The Hall–Kier alpha value is -1.58. The van der Waals surface area contributed by atoms with Gasteiger partial charge in [0.1, 0.15) is 0 Å². The number of halogens is 2. The van der Waals surface area contributed by atoms with E-state index in [1.54, 1.807) is 0 Å². The number of rotatable bonds is 2. The van der Waals surface area contributed by atoms with Crippen LogP contribution in [0.5, 0.6) is 0 Å². The molecule has 1 N–H and O–H groups in total. The molecule has 0 aliphatic heterocycles. The first-order chi connectivity index (χ1) is 9.24. The van der Waals surface area contributed by atoms with Crippen molar-refractivity contribution < 1.29 is 0 Å². The highest BCUT2D eigenvalue weighted by Crippen LogP contribution is 2.29. The van der Waals surface area contributed by atoms with Gasteiger partial charge in [-0.15, -0.1) is 12.4 Å². The van der Waals surface area contributed by atoms with Gasteiger partial charge < -0.3 is 5.32 Å². The van der Waals surface area contributed by atoms with Crippen molar-refractivity contribution in [3.05, 3.63) is 64.8 Å². The normalized spacial score (nSPS) is 10.1. The number of aromatic nitrogens is 1. The maximum atomic E-state index is 4.55. The van der Waals surface area contributed by atoms with E-state index in [4.69, 9.17) is 0 Å². The molecule has 2 nitrogen and oxygen atoms in total. The molecule has 0 saturated heterocycles. The summed E-state index contributed by atoms with van der Waals surface area (Å²) < 4.78 is 1.05. The maximum Gasteiger partial charge on any atom is 0.0726 e. The average molecular weight is 350 g/mol. The van der Waals surface area contributed by atoms with Crippen molar-refractivity contribution in [1.29, 1.82) is 0 Å². The molecule has 4 heteroatoms. The monoisotopic (exact) mass is 348 g/mol. The van der Waals surface area contributed by atoms with Crippen LogP contribution < -0.4 is 5.32 Å². The molecule has 3 aromatic rings. The minimum absolute atomic E-state index is 0. The van der Waals surface area contributed by atoms with Gasteiger partial charge in [0.25, 0.3) is 0 Å². The van der Waals surface area contributed by atoms with Crippen LogP contribution in [0, 0.1) is 6.92 Å². The van der Waals surface area contributed by atoms with Gasteiger partial charge in [-0.05, 0) is 47.1 Å². The molecule has 20 heavy (non-hydrogen) atoms. The molecule has 0 aliphatic rings. The van der Waals surface area contributed by atoms with Gasteiger partial charge in [-0.2, -0.15) is 0 Å². The molecule has 0 fully saturated rings. The van der Waals surface area contributed by atoms with E-state index in [2.05, 4.69) is 44.4 Å². The second kappa shape index (κ2) is 6.25. The average Bonchev–Trinajstić information content (AvgIpc) is 2.41. The third kappa shape index (κ3) is 2.94. The van der Waals surface area contributed by atoms with E-state index < -0.39 is 0 Å². The Morgan fingerprint density at radius 3 is 2.45 bits per heavy atom. The predicted molar refractivity (Wildman–Crippen MR) is 91.2 cm³/mol. The summed E-state index contributed by atoms with van der Waals surface area (Å²) in [6.45, 7) is 2.01. The van der Waals surface area contributed by atoms with E-state index in [0.717, 1.165) is 32.4 Å². The van der Waals surface area contributed by atoms with Crippen molar-refractivity contribution >= 4 is 50.6 Å². The lowest BCUT2D eigenvalue weighted by molar-refractivity contribution is 1.25. The maximum absolute atomic E-state index is 4.55. The molecule has 2 aromatic carbocycles. The summed E-state index contributed by atoms with van der Waals surface area (Å²) >= 11 is 3.56. The standard InChI is InChI=1S/C16H13BrN2.ClH/c1-11-10-16(12-6-2-4-8-14(12)18-11)19-15-9-5-3-7-13(15)17;/h2-10H,1H3,(H,18,19);1H. The number of para-hydroxylation sites is 2. The van der Waals surface area contributed by atoms with Gasteiger partial charge in [-0.3, -0.25) is 4.98 Å². The number of aryl methyl sites for hydroxylation is 1. The van der Waals surface area contributed by atoms with Gasteiger partial charge in [0.05, 0.1) is 11.2 Å². The Bertz CT molecular complexity index is 743. The highest BCUT2D eigenvalue weighted by Gasteiger charge is 2.05. The Morgan fingerprint density at radius 2 is 1.65 bits per heavy atom. The van der Waals surface area contributed by atoms with Crippen molar-refractivity contribution in [2.75, 3.05) is 5.32 Å². The molecule has 0 bridgehead atoms. The van der Waals surface area contributed by atoms with Crippen LogP contribution in [-0.4, -0.2) is 4.98 Å². The molecule has 0 unspecified atom stereocenters. The molecular formula is C16H14BrClN2. The first-order valence-electron chi connectivity index (χ1n) is 6.12. The van der Waals surface area contributed by atoms with Crippen molar-refractivity contribution in [2.45, 2.75) is 6.92 Å². The molecule has 3 rings (SSSR count). The van der Waals surface area contributed by atoms with Crippen LogP contribution in [0.15, 0.2) is 59.1 Å². The van der Waals surface area contributed by atoms with Gasteiger partial charge >= 0.3 is 0 Å². The van der Waals surface area contributed by atoms with Crippen molar-refractivity contribution in [3.63, 3.8) is 0 Å². The van der Waals surface area contributed by atoms with Gasteiger partial charge in [0.2, 0.25) is 0 Å². The summed E-state index contributed by atoms with van der Waals surface area (Å²) in [7, 11) is 0. The number of benzene rings is 2. The zero-order chi connectivity index (χ0) is 13.2. The van der Waals surface area contributed by atoms with Crippen LogP contribution in [0.1, 0.15) is 5.69 Å². The van der Waals surface area contributed by atoms with Crippen LogP contribution in [0.25, 0.3) is 10.9 Å². The summed E-state index contributed by atoms with van der Waals surface area (Å²) in [6, 6.07) is 18.3. The molecule has 1 aromatic heterocycles. The minimum atomic E-state index is 0. The Morgan fingerprint density at radius 1 is 0.950 bits per heavy atom. The quantitative estimate of drug-likeness (QED) is 0.663. The fourth-order valence-electron chi connectivity index (χ4n) is 2.12. The number of nitrogens with zero attached hydrogens (tertiary/aromatic N) is 1. The highest BCUT2D eigenvalue weighted by molar-refractivity contribution is 9.10. The van der Waals surface area contributed by atoms with E-state index >= 15 is 0 Å². The van der Waals surface area contributed by atoms with Crippen molar-refractivity contribution in [1.82, 2.24) is 4.98 Å². The van der Waals surface area contributed by atoms with E-state index in [0.29, 0.717) is 0 Å². The third-order valence-electron chi connectivity index (χ3n) is 2.99. The fraction of sp³-hybridized carbons (Fsp3) is 0.0625. The van der Waals surface area contributed by atoms with E-state index in [1.165, 1.54) is 0 Å². The lowest BCUT2D eigenvalue weighted by Crippen LogP contribution is -1.95. The lowest BCUT2D eigenvalue weighted by Gasteiger charge is -2.12. The summed E-state index contributed by atoms with van der Waals surface area (Å²) in [5, 5.41) is 4.60. The SMILES string of the molecule is Cc1cc(Nc2ccccc2Br)c2ccccc2n1.Cl. The Labute approximate surface area is 132 Å². The predicted octanol–water partition coefficient (Wildman–Crippen LogP) is 5.47. The Balaban J connectivity index is 0.00000147. The fourth-order valence-corrected chi connectivity index (χ4v) is 2.50. The van der Waals surface area contributed by atoms with Gasteiger partial charge in [0, 0.05) is 21.2 Å². The number of nitrogens with one attached hydrogen (secondary N) is 1. The molecular weight excluding hydrogens is 336 g/mol. The molecule has 102 valence electrons. The first kappa shape index (κ1) is 14.8. The van der Waals surface area contributed by atoms with Crippen LogP contribution in [0.2, 0.25) is 0 Å². The molecule has 1 heterocycles. The Kier molecular flexibility index (Phi) is 4.63. The topological polar surface area (TPSA) is 24.9 Å². The number of fused-ring (bicyclic) bond motifs is 1.